The minimum absolute atomic E-state index is 0.0936. The second-order valence-corrected chi connectivity index (χ2v) is 7.56. The third-order valence-electron chi connectivity index (χ3n) is 5.19. The van der Waals surface area contributed by atoms with E-state index in [1.807, 2.05) is 6.07 Å². The Morgan fingerprint density at radius 1 is 0.788 bits per heavy atom. The van der Waals surface area contributed by atoms with Gasteiger partial charge in [-0.2, -0.15) is 5.10 Å². The van der Waals surface area contributed by atoms with E-state index in [4.69, 9.17) is 21.1 Å². The van der Waals surface area contributed by atoms with Gasteiger partial charge in [-0.3, -0.25) is 0 Å². The van der Waals surface area contributed by atoms with Gasteiger partial charge in [-0.05, 0) is 13.0 Å². The average Bonchev–Trinajstić information content (AvgIpc) is 2.80. The van der Waals surface area contributed by atoms with E-state index >= 15 is 0 Å². The fraction of sp³-hybridized carbons (Fsp3) is 0.120. The molecule has 0 N–H and O–H groups in total. The van der Waals surface area contributed by atoms with Crippen LogP contribution in [0.4, 0.5) is 13.2 Å². The summed E-state index contributed by atoms with van der Waals surface area (Å²) in [6.45, 7) is 1.56. The van der Waals surface area contributed by atoms with Crippen LogP contribution < -0.4 is 9.47 Å². The Morgan fingerprint density at radius 2 is 1.45 bits per heavy atom. The van der Waals surface area contributed by atoms with Gasteiger partial charge in [0.2, 0.25) is 0 Å². The van der Waals surface area contributed by atoms with E-state index in [1.165, 1.54) is 14.2 Å². The molecule has 0 bridgehead atoms. The Morgan fingerprint density at radius 3 is 2.06 bits per heavy atom. The fourth-order valence-electron chi connectivity index (χ4n) is 3.69. The molecule has 0 saturated heterocycles. The van der Waals surface area contributed by atoms with Crippen molar-refractivity contribution in [3.05, 3.63) is 82.8 Å². The summed E-state index contributed by atoms with van der Waals surface area (Å²) in [5.41, 5.74) is 1.53. The van der Waals surface area contributed by atoms with Crippen molar-refractivity contribution < 1.29 is 22.6 Å². The molecule has 0 atom stereocenters. The standard InChI is InChI=1S/C25H18ClF3N2O2/c1-13-21(23-18(28)9-15(27)10-19(23)29)22(25(31-30-13)14-7-5-4-6-8-14)17-11-16(32-2)12-20(33-3)24(17)26/h4-12H,1-3H3. The number of hydrogen-bond donors (Lipinski definition) is 0. The van der Waals surface area contributed by atoms with E-state index in [9.17, 15) is 13.2 Å². The van der Waals surface area contributed by atoms with Crippen molar-refractivity contribution in [3.63, 3.8) is 0 Å². The zero-order valence-corrected chi connectivity index (χ0v) is 18.7. The summed E-state index contributed by atoms with van der Waals surface area (Å²) >= 11 is 6.67. The van der Waals surface area contributed by atoms with Crippen LogP contribution in [0.2, 0.25) is 5.02 Å². The number of aromatic nitrogens is 2. The van der Waals surface area contributed by atoms with E-state index in [0.717, 1.165) is 0 Å². The molecule has 1 aromatic heterocycles. The maximum Gasteiger partial charge on any atom is 0.141 e. The second kappa shape index (κ2) is 9.11. The molecule has 4 aromatic rings. The van der Waals surface area contributed by atoms with Gasteiger partial charge in [0.25, 0.3) is 0 Å². The van der Waals surface area contributed by atoms with Crippen LogP contribution >= 0.6 is 11.6 Å². The number of methoxy groups -OCH3 is 2. The molecule has 0 spiro atoms. The number of halogens is 4. The van der Waals surface area contributed by atoms with Crippen LogP contribution in [0, 0.1) is 24.4 Å². The molecular formula is C25H18ClF3N2O2. The first-order valence-electron chi connectivity index (χ1n) is 9.85. The Labute approximate surface area is 193 Å². The Kier molecular flexibility index (Phi) is 6.24. The van der Waals surface area contributed by atoms with Crippen molar-refractivity contribution in [2.45, 2.75) is 6.92 Å². The van der Waals surface area contributed by atoms with Gasteiger partial charge in [0.05, 0.1) is 30.5 Å². The van der Waals surface area contributed by atoms with Crippen LogP contribution in [-0.2, 0) is 0 Å². The third-order valence-corrected chi connectivity index (χ3v) is 5.58. The number of benzene rings is 3. The minimum Gasteiger partial charge on any atom is -0.497 e. The zero-order valence-electron chi connectivity index (χ0n) is 17.9. The predicted molar refractivity (Wildman–Crippen MR) is 121 cm³/mol. The van der Waals surface area contributed by atoms with Crippen molar-refractivity contribution in [3.8, 4) is 45.0 Å². The molecule has 4 nitrogen and oxygen atoms in total. The quantitative estimate of drug-likeness (QED) is 0.319. The highest BCUT2D eigenvalue weighted by molar-refractivity contribution is 6.35. The maximum atomic E-state index is 15.0. The van der Waals surface area contributed by atoms with Gasteiger partial charge in [-0.1, -0.05) is 41.9 Å². The van der Waals surface area contributed by atoms with E-state index in [2.05, 4.69) is 10.2 Å². The smallest absolute Gasteiger partial charge is 0.141 e. The maximum absolute atomic E-state index is 15.0. The molecule has 8 heteroatoms. The van der Waals surface area contributed by atoms with Crippen LogP contribution in [0.1, 0.15) is 5.69 Å². The molecular weight excluding hydrogens is 453 g/mol. The number of hydrogen-bond acceptors (Lipinski definition) is 4. The summed E-state index contributed by atoms with van der Waals surface area (Å²) in [5, 5.41) is 8.67. The van der Waals surface area contributed by atoms with E-state index in [-0.39, 0.29) is 16.3 Å². The van der Waals surface area contributed by atoms with Crippen molar-refractivity contribution in [2.24, 2.45) is 0 Å². The van der Waals surface area contributed by atoms with Crippen LogP contribution in [0.3, 0.4) is 0 Å². The molecule has 0 saturated carbocycles. The molecule has 0 aliphatic rings. The molecule has 168 valence electrons. The van der Waals surface area contributed by atoms with Gasteiger partial charge in [-0.25, -0.2) is 13.2 Å². The summed E-state index contributed by atoms with van der Waals surface area (Å²) in [5.74, 6) is -2.47. The number of ether oxygens (including phenoxy) is 2. The Bertz CT molecular complexity index is 1320. The molecule has 0 unspecified atom stereocenters. The topological polar surface area (TPSA) is 44.2 Å². The largest absolute Gasteiger partial charge is 0.497 e. The van der Waals surface area contributed by atoms with Crippen LogP contribution in [0.25, 0.3) is 33.5 Å². The first-order valence-corrected chi connectivity index (χ1v) is 10.2. The molecule has 0 radical (unpaired) electrons. The fourth-order valence-corrected chi connectivity index (χ4v) is 3.97. The predicted octanol–water partition coefficient (Wildman–Crippen LogP) is 6.87. The first-order chi connectivity index (χ1) is 15.8. The lowest BCUT2D eigenvalue weighted by molar-refractivity contribution is 0.395. The lowest BCUT2D eigenvalue weighted by Gasteiger charge is -2.20. The van der Waals surface area contributed by atoms with Crippen LogP contribution in [0.5, 0.6) is 11.5 Å². The highest BCUT2D eigenvalue weighted by atomic mass is 35.5. The highest BCUT2D eigenvalue weighted by Crippen LogP contribution is 2.47. The van der Waals surface area contributed by atoms with Crippen molar-refractivity contribution >= 4 is 11.6 Å². The van der Waals surface area contributed by atoms with E-state index in [1.54, 1.807) is 43.3 Å². The number of nitrogens with zero attached hydrogens (tertiary/aromatic N) is 2. The molecule has 33 heavy (non-hydrogen) atoms. The second-order valence-electron chi connectivity index (χ2n) is 7.19. The Hall–Kier alpha value is -3.58. The summed E-state index contributed by atoms with van der Waals surface area (Å²) in [4.78, 5) is 0. The van der Waals surface area contributed by atoms with Gasteiger partial charge in [0.1, 0.15) is 34.6 Å². The Balaban J connectivity index is 2.20. The summed E-state index contributed by atoms with van der Waals surface area (Å²) < 4.78 is 54.4. The molecule has 4 rings (SSSR count). The van der Waals surface area contributed by atoms with Crippen LogP contribution in [0.15, 0.2) is 54.6 Å². The van der Waals surface area contributed by atoms with E-state index in [0.29, 0.717) is 46.0 Å². The number of aryl methyl sites for hydroxylation is 1. The normalized spacial score (nSPS) is 10.9. The van der Waals surface area contributed by atoms with Crippen molar-refractivity contribution in [1.29, 1.82) is 0 Å². The van der Waals surface area contributed by atoms with E-state index < -0.39 is 23.0 Å². The van der Waals surface area contributed by atoms with Crippen molar-refractivity contribution in [2.75, 3.05) is 14.2 Å². The molecule has 0 aliphatic heterocycles. The van der Waals surface area contributed by atoms with Gasteiger partial charge in [0.15, 0.2) is 0 Å². The molecule has 3 aromatic carbocycles. The van der Waals surface area contributed by atoms with Gasteiger partial charge in [0, 0.05) is 40.5 Å². The highest BCUT2D eigenvalue weighted by Gasteiger charge is 2.27. The molecule has 0 aliphatic carbocycles. The molecule has 0 amide bonds. The van der Waals surface area contributed by atoms with Gasteiger partial charge < -0.3 is 9.47 Å². The monoisotopic (exact) mass is 470 g/mol. The van der Waals surface area contributed by atoms with Crippen molar-refractivity contribution in [1.82, 2.24) is 10.2 Å². The lowest BCUT2D eigenvalue weighted by Crippen LogP contribution is -2.04. The summed E-state index contributed by atoms with van der Waals surface area (Å²) in [6.07, 6.45) is 0. The first kappa shape index (κ1) is 22.6. The SMILES string of the molecule is COc1cc(OC)c(Cl)c(-c2c(-c3ccccc3)nnc(C)c2-c2c(F)cc(F)cc2F)c1. The third kappa shape index (κ3) is 4.12. The molecule has 0 fully saturated rings. The lowest BCUT2D eigenvalue weighted by atomic mass is 9.89. The van der Waals surface area contributed by atoms with Crippen LogP contribution in [-0.4, -0.2) is 24.4 Å². The summed E-state index contributed by atoms with van der Waals surface area (Å²) in [6, 6.07) is 13.5. The molecule has 1 heterocycles. The zero-order chi connectivity index (χ0) is 23.7. The van der Waals surface area contributed by atoms with Gasteiger partial charge >= 0.3 is 0 Å². The summed E-state index contributed by atoms with van der Waals surface area (Å²) in [7, 11) is 2.92. The average molecular weight is 471 g/mol. The number of rotatable bonds is 5. The minimum atomic E-state index is -1.07. The van der Waals surface area contributed by atoms with Gasteiger partial charge in [-0.15, -0.1) is 5.10 Å².